The van der Waals surface area contributed by atoms with Crippen LogP contribution < -0.4 is 0 Å². The lowest BCUT2D eigenvalue weighted by molar-refractivity contribution is -0.759. The summed E-state index contributed by atoms with van der Waals surface area (Å²) in [5.41, 5.74) is 0. The minimum Gasteiger partial charge on any atom is -0.481 e. The number of nitrogens with zero attached hydrogens (tertiary/aromatic N) is 3. The van der Waals surface area contributed by atoms with Crippen molar-refractivity contribution in [2.75, 3.05) is 13.2 Å². The summed E-state index contributed by atoms with van der Waals surface area (Å²) in [5.74, 6) is -0.833. The Labute approximate surface area is 114 Å². The third-order valence-electron chi connectivity index (χ3n) is 0.583. The molecule has 16 heteroatoms. The van der Waals surface area contributed by atoms with Crippen LogP contribution in [0, 0.1) is 30.3 Å². The molecule has 0 radical (unpaired) electrons. The van der Waals surface area contributed by atoms with Gasteiger partial charge in [0.15, 0.2) is 0 Å². The van der Waals surface area contributed by atoms with Crippen molar-refractivity contribution in [2.24, 2.45) is 0 Å². The first-order valence-electron chi connectivity index (χ1n) is 4.29. The molecule has 0 aromatic carbocycles. The van der Waals surface area contributed by atoms with Gasteiger partial charge >= 0.3 is 0 Å². The molecule has 126 valence electrons. The Morgan fingerprint density at radius 3 is 1.52 bits per heavy atom. The first-order valence-corrected chi connectivity index (χ1v) is 4.29. The van der Waals surface area contributed by atoms with Crippen LogP contribution in [-0.4, -0.2) is 66.3 Å². The van der Waals surface area contributed by atoms with Crippen molar-refractivity contribution in [1.29, 1.82) is 0 Å². The Morgan fingerprint density at radius 1 is 1.14 bits per heavy atom. The molecule has 21 heavy (non-hydrogen) atoms. The fraction of sp³-hybridized carbons (Fsp3) is 0.800. The van der Waals surface area contributed by atoms with Gasteiger partial charge in [-0.15, -0.1) is 30.3 Å². The molecule has 0 rings (SSSR count). The summed E-state index contributed by atoms with van der Waals surface area (Å²) in [6, 6.07) is 0. The second kappa shape index (κ2) is 19.3. The van der Waals surface area contributed by atoms with Crippen molar-refractivity contribution >= 4 is 5.97 Å². The van der Waals surface area contributed by atoms with Crippen molar-refractivity contribution in [1.82, 2.24) is 0 Å². The first kappa shape index (κ1) is 26.5. The van der Waals surface area contributed by atoms with Crippen LogP contribution in [-0.2, 0) is 9.63 Å². The third kappa shape index (κ3) is 240. The highest BCUT2D eigenvalue weighted by Crippen LogP contribution is 1.82. The fourth-order valence-electron chi connectivity index (χ4n) is 0.200. The first-order chi connectivity index (χ1) is 9.36. The van der Waals surface area contributed by atoms with Crippen LogP contribution in [0.15, 0.2) is 0 Å². The lowest BCUT2D eigenvalue weighted by Gasteiger charge is -2.02. The van der Waals surface area contributed by atoms with Crippen LogP contribution in [0.25, 0.3) is 0 Å². The molecule has 0 aliphatic heterocycles. The third-order valence-corrected chi connectivity index (χ3v) is 0.583. The molecule has 0 saturated carbocycles. The Bertz CT molecular complexity index is 266. The molecule has 0 fully saturated rings. The van der Waals surface area contributed by atoms with Crippen LogP contribution in [0.4, 0.5) is 0 Å². The molecule has 1 atom stereocenters. The fourth-order valence-corrected chi connectivity index (χ4v) is 0.200. The van der Waals surface area contributed by atoms with E-state index in [9.17, 15) is 10.1 Å². The molecule has 0 aliphatic rings. The maximum Gasteiger partial charge on any atom is 0.300 e. The number of aliphatic carboxylic acids is 1. The van der Waals surface area contributed by atoms with Crippen molar-refractivity contribution in [3.8, 4) is 0 Å². The second-order valence-corrected chi connectivity index (χ2v) is 2.35. The van der Waals surface area contributed by atoms with Crippen LogP contribution in [0.1, 0.15) is 6.92 Å². The summed E-state index contributed by atoms with van der Waals surface area (Å²) < 4.78 is 0. The van der Waals surface area contributed by atoms with E-state index >= 15 is 0 Å². The van der Waals surface area contributed by atoms with Crippen molar-refractivity contribution in [2.45, 2.75) is 13.0 Å². The summed E-state index contributed by atoms with van der Waals surface area (Å²) in [6.45, 7) is 0.0668. The van der Waals surface area contributed by atoms with Gasteiger partial charge in [0.1, 0.15) is 12.7 Å². The molecule has 0 bridgehead atoms. The van der Waals surface area contributed by atoms with Gasteiger partial charge in [-0.05, 0) is 0 Å². The van der Waals surface area contributed by atoms with Crippen molar-refractivity contribution in [3.63, 3.8) is 0 Å². The average molecular weight is 323 g/mol. The van der Waals surface area contributed by atoms with E-state index in [0.29, 0.717) is 0 Å². The number of hydrogen-bond acceptors (Lipinski definition) is 10. The Morgan fingerprint density at radius 2 is 1.38 bits per heavy atom. The topological polar surface area (TPSA) is 257 Å². The zero-order chi connectivity index (χ0) is 18.0. The number of rotatable bonds is 4. The van der Waals surface area contributed by atoms with Gasteiger partial charge in [-0.1, -0.05) is 0 Å². The number of carbonyl (C=O) groups is 1. The highest BCUT2D eigenvalue weighted by molar-refractivity contribution is 5.62. The maximum absolute atomic E-state index is 9.41. The van der Waals surface area contributed by atoms with Gasteiger partial charge in [0.05, 0.1) is 6.61 Å². The molecule has 0 aromatic heterocycles. The molecule has 0 spiro atoms. The van der Waals surface area contributed by atoms with Crippen molar-refractivity contribution < 1.29 is 50.6 Å². The average Bonchev–Trinajstić information content (AvgIpc) is 2.23. The number of aliphatic hydroxyl groups is 2. The van der Waals surface area contributed by atoms with Crippen LogP contribution >= 0.6 is 0 Å². The monoisotopic (exact) mass is 323 g/mol. The molecule has 0 aromatic rings. The van der Waals surface area contributed by atoms with Gasteiger partial charge in [0.2, 0.25) is 0 Å². The number of carboxylic acids is 1. The Hall–Kier alpha value is -3.01. The summed E-state index contributed by atoms with van der Waals surface area (Å²) in [4.78, 5) is 38.8. The quantitative estimate of drug-likeness (QED) is 0.275. The maximum atomic E-state index is 9.41. The molecule has 1 unspecified atom stereocenters. The molecular formula is C5H13N3O13. The van der Waals surface area contributed by atoms with E-state index in [1.165, 1.54) is 0 Å². The summed E-state index contributed by atoms with van der Waals surface area (Å²) in [5, 5.41) is 59.6. The molecule has 5 N–H and O–H groups in total. The minimum absolute atomic E-state index is 0.483. The Kier molecular flexibility index (Phi) is 24.4. The summed E-state index contributed by atoms with van der Waals surface area (Å²) in [7, 11) is 0. The molecular weight excluding hydrogens is 310 g/mol. The van der Waals surface area contributed by atoms with E-state index in [4.69, 9.17) is 50.8 Å². The molecule has 0 amide bonds. The zero-order valence-corrected chi connectivity index (χ0v) is 10.3. The number of hydrogen-bond donors (Lipinski definition) is 5. The SMILES string of the molecule is CC(=O)O.O=[N+]([O-])O.O=[N+]([O-])O.O=[N+]([O-])OCC(O)CO. The predicted octanol–water partition coefficient (Wildman–Crippen LogP) is -2.06. The van der Waals surface area contributed by atoms with Crippen LogP contribution in [0.3, 0.4) is 0 Å². The van der Waals surface area contributed by atoms with Gasteiger partial charge in [-0.2, -0.15) is 0 Å². The highest BCUT2D eigenvalue weighted by Gasteiger charge is 2.03. The molecule has 0 aliphatic carbocycles. The predicted molar refractivity (Wildman–Crippen MR) is 56.9 cm³/mol. The molecule has 0 saturated heterocycles. The minimum atomic E-state index is -1.50. The lowest BCUT2D eigenvalue weighted by Crippen LogP contribution is -2.21. The van der Waals surface area contributed by atoms with E-state index in [2.05, 4.69) is 4.84 Å². The van der Waals surface area contributed by atoms with Gasteiger partial charge in [0, 0.05) is 6.92 Å². The number of carboxylic acid groups (broad SMARTS) is 1. The highest BCUT2D eigenvalue weighted by atomic mass is 17.0. The Balaban J connectivity index is -0.000000102. The van der Waals surface area contributed by atoms with Gasteiger partial charge in [-0.3, -0.25) is 4.79 Å². The second-order valence-electron chi connectivity index (χ2n) is 2.35. The van der Waals surface area contributed by atoms with E-state index in [1.807, 2.05) is 0 Å². The zero-order valence-electron chi connectivity index (χ0n) is 10.3. The summed E-state index contributed by atoms with van der Waals surface area (Å²) >= 11 is 0. The van der Waals surface area contributed by atoms with E-state index in [0.717, 1.165) is 6.92 Å². The van der Waals surface area contributed by atoms with Gasteiger partial charge in [-0.25, -0.2) is 0 Å². The summed E-state index contributed by atoms with van der Waals surface area (Å²) in [6.07, 6.45) is -1.17. The molecule has 16 nitrogen and oxygen atoms in total. The lowest BCUT2D eigenvalue weighted by atomic mass is 10.4. The normalized spacial score (nSPS) is 8.90. The van der Waals surface area contributed by atoms with E-state index in [1.54, 1.807) is 0 Å². The van der Waals surface area contributed by atoms with Crippen LogP contribution in [0.2, 0.25) is 0 Å². The smallest absolute Gasteiger partial charge is 0.300 e. The number of aliphatic hydroxyl groups excluding tert-OH is 2. The van der Waals surface area contributed by atoms with E-state index < -0.39 is 40.5 Å². The standard InChI is InChI=1S/C3H7NO5.C2H4O2.2HNO3/c5-1-3(6)2-9-4(7)8;1-2(3)4;2*2-1(3)4/h3,5-6H,1-2H2;1H3,(H,3,4);2*(H,2,3,4). The largest absolute Gasteiger partial charge is 0.481 e. The molecule has 0 heterocycles. The van der Waals surface area contributed by atoms with Gasteiger partial charge < -0.3 is 30.6 Å². The van der Waals surface area contributed by atoms with Gasteiger partial charge in [0.25, 0.3) is 21.2 Å². The van der Waals surface area contributed by atoms with Crippen LogP contribution in [0.5, 0.6) is 0 Å². The van der Waals surface area contributed by atoms with E-state index in [-0.39, 0.29) is 0 Å². The van der Waals surface area contributed by atoms with Crippen molar-refractivity contribution in [3.05, 3.63) is 30.3 Å².